The first-order valence-corrected chi connectivity index (χ1v) is 6.20. The van der Waals surface area contributed by atoms with Gasteiger partial charge in [0.15, 0.2) is 0 Å². The van der Waals surface area contributed by atoms with Gasteiger partial charge in [-0.2, -0.15) is 5.10 Å². The molecule has 0 fully saturated rings. The van der Waals surface area contributed by atoms with Crippen LogP contribution < -0.4 is 5.73 Å². The monoisotopic (exact) mass is 285 g/mol. The molecule has 15 heavy (non-hydrogen) atoms. The number of thiophene rings is 1. The van der Waals surface area contributed by atoms with Crippen LogP contribution in [0.2, 0.25) is 0 Å². The maximum Gasteiger partial charge on any atom is 0.0828 e. The number of nitrogens with zero attached hydrogens (tertiary/aromatic N) is 2. The molecular weight excluding hydrogens is 274 g/mol. The van der Waals surface area contributed by atoms with Gasteiger partial charge in [-0.05, 0) is 35.0 Å². The van der Waals surface area contributed by atoms with Crippen LogP contribution in [0.5, 0.6) is 0 Å². The number of hydrogen-bond donors (Lipinski definition) is 1. The Labute approximate surface area is 101 Å². The van der Waals surface area contributed by atoms with Crippen molar-refractivity contribution in [2.24, 2.45) is 12.8 Å². The Morgan fingerprint density at radius 3 is 2.73 bits per heavy atom. The highest BCUT2D eigenvalue weighted by Gasteiger charge is 2.17. The molecule has 5 heteroatoms. The minimum atomic E-state index is -0.106. The van der Waals surface area contributed by atoms with E-state index in [4.69, 9.17) is 5.73 Å². The molecule has 0 radical (unpaired) electrons. The lowest BCUT2D eigenvalue weighted by molar-refractivity contribution is 0.676. The predicted molar refractivity (Wildman–Crippen MR) is 66.0 cm³/mol. The number of aryl methyl sites for hydroxylation is 2. The zero-order valence-corrected chi connectivity index (χ0v) is 11.0. The van der Waals surface area contributed by atoms with Crippen LogP contribution in [0.15, 0.2) is 22.8 Å². The van der Waals surface area contributed by atoms with E-state index in [-0.39, 0.29) is 6.04 Å². The van der Waals surface area contributed by atoms with Gasteiger partial charge in [-0.1, -0.05) is 0 Å². The molecule has 2 aromatic heterocycles. The summed E-state index contributed by atoms with van der Waals surface area (Å²) in [4.78, 5) is 2.44. The summed E-state index contributed by atoms with van der Waals surface area (Å²) in [5.74, 6) is 0. The van der Waals surface area contributed by atoms with Crippen LogP contribution >= 0.6 is 27.3 Å². The number of hydrogen-bond acceptors (Lipinski definition) is 3. The molecule has 2 aromatic rings. The molecule has 1 atom stereocenters. The van der Waals surface area contributed by atoms with Crippen LogP contribution in [0.3, 0.4) is 0 Å². The first kappa shape index (κ1) is 10.9. The Morgan fingerprint density at radius 1 is 1.53 bits per heavy atom. The Kier molecular flexibility index (Phi) is 2.95. The lowest BCUT2D eigenvalue weighted by Gasteiger charge is -2.10. The third-order valence-electron chi connectivity index (χ3n) is 2.30. The molecule has 2 N–H and O–H groups in total. The number of nitrogens with two attached hydrogens (primary N) is 1. The van der Waals surface area contributed by atoms with Gasteiger partial charge in [0.25, 0.3) is 0 Å². The molecule has 0 bridgehead atoms. The molecule has 2 heterocycles. The van der Waals surface area contributed by atoms with E-state index in [0.29, 0.717) is 0 Å². The van der Waals surface area contributed by atoms with Crippen molar-refractivity contribution >= 4 is 27.3 Å². The topological polar surface area (TPSA) is 43.8 Å². The van der Waals surface area contributed by atoms with Crippen molar-refractivity contribution in [3.05, 3.63) is 38.3 Å². The van der Waals surface area contributed by atoms with Crippen LogP contribution in [0.1, 0.15) is 21.5 Å². The van der Waals surface area contributed by atoms with E-state index in [9.17, 15) is 0 Å². The minimum Gasteiger partial charge on any atom is -0.318 e. The molecular formula is C10H12BrN3S. The standard InChI is InChI=1S/C10H12BrN3S/c1-6-3-4-8(15-6)9(12)10-7(11)5-13-14(10)2/h3-5,9H,12H2,1-2H3. The van der Waals surface area contributed by atoms with E-state index in [2.05, 4.69) is 40.1 Å². The Hall–Kier alpha value is -0.650. The highest BCUT2D eigenvalue weighted by Crippen LogP contribution is 2.30. The molecule has 80 valence electrons. The van der Waals surface area contributed by atoms with Gasteiger partial charge in [0, 0.05) is 16.8 Å². The average Bonchev–Trinajstić information content (AvgIpc) is 2.73. The molecule has 0 aliphatic rings. The van der Waals surface area contributed by atoms with Gasteiger partial charge < -0.3 is 5.73 Å². The quantitative estimate of drug-likeness (QED) is 0.922. The van der Waals surface area contributed by atoms with Crippen molar-refractivity contribution in [3.63, 3.8) is 0 Å². The Balaban J connectivity index is 2.40. The van der Waals surface area contributed by atoms with Crippen molar-refractivity contribution in [3.8, 4) is 0 Å². The third-order valence-corrected chi connectivity index (χ3v) is 3.99. The minimum absolute atomic E-state index is 0.106. The number of halogens is 1. The second kappa shape index (κ2) is 4.08. The lowest BCUT2D eigenvalue weighted by Crippen LogP contribution is -2.15. The van der Waals surface area contributed by atoms with Crippen LogP contribution in [-0.2, 0) is 7.05 Å². The van der Waals surface area contributed by atoms with Gasteiger partial charge in [0.05, 0.1) is 22.4 Å². The SMILES string of the molecule is Cc1ccc(C(N)c2c(Br)cnn2C)s1. The average molecular weight is 286 g/mol. The summed E-state index contributed by atoms with van der Waals surface area (Å²) in [5.41, 5.74) is 7.21. The van der Waals surface area contributed by atoms with E-state index in [1.165, 1.54) is 4.88 Å². The van der Waals surface area contributed by atoms with Crippen molar-refractivity contribution in [2.75, 3.05) is 0 Å². The molecule has 0 aromatic carbocycles. The van der Waals surface area contributed by atoms with Gasteiger partial charge in [0.2, 0.25) is 0 Å². The first-order chi connectivity index (χ1) is 7.09. The molecule has 0 spiro atoms. The highest BCUT2D eigenvalue weighted by atomic mass is 79.9. The fourth-order valence-electron chi connectivity index (χ4n) is 1.53. The summed E-state index contributed by atoms with van der Waals surface area (Å²) >= 11 is 5.19. The molecule has 2 rings (SSSR count). The van der Waals surface area contributed by atoms with Gasteiger partial charge in [-0.3, -0.25) is 4.68 Å². The second-order valence-corrected chi connectivity index (χ2v) is 5.60. The van der Waals surface area contributed by atoms with Crippen molar-refractivity contribution in [1.82, 2.24) is 9.78 Å². The van der Waals surface area contributed by atoms with E-state index in [0.717, 1.165) is 15.0 Å². The van der Waals surface area contributed by atoms with Gasteiger partial charge >= 0.3 is 0 Å². The van der Waals surface area contributed by atoms with Crippen LogP contribution in [0.4, 0.5) is 0 Å². The second-order valence-electron chi connectivity index (χ2n) is 3.43. The number of aromatic nitrogens is 2. The fraction of sp³-hybridized carbons (Fsp3) is 0.300. The summed E-state index contributed by atoms with van der Waals surface area (Å²) in [6, 6.07) is 4.06. The molecule has 0 saturated carbocycles. The smallest absolute Gasteiger partial charge is 0.0828 e. The molecule has 0 aliphatic heterocycles. The fourth-order valence-corrected chi connectivity index (χ4v) is 3.00. The van der Waals surface area contributed by atoms with Crippen molar-refractivity contribution in [2.45, 2.75) is 13.0 Å². The van der Waals surface area contributed by atoms with Crippen LogP contribution in [-0.4, -0.2) is 9.78 Å². The largest absolute Gasteiger partial charge is 0.318 e. The summed E-state index contributed by atoms with van der Waals surface area (Å²) < 4.78 is 2.77. The highest BCUT2D eigenvalue weighted by molar-refractivity contribution is 9.10. The van der Waals surface area contributed by atoms with E-state index >= 15 is 0 Å². The summed E-state index contributed by atoms with van der Waals surface area (Å²) in [6.07, 6.45) is 1.77. The lowest BCUT2D eigenvalue weighted by atomic mass is 10.2. The first-order valence-electron chi connectivity index (χ1n) is 4.59. The summed E-state index contributed by atoms with van der Waals surface area (Å²) in [7, 11) is 1.90. The van der Waals surface area contributed by atoms with Gasteiger partial charge in [-0.15, -0.1) is 11.3 Å². The van der Waals surface area contributed by atoms with E-state index in [1.807, 2.05) is 11.7 Å². The normalized spacial score (nSPS) is 13.1. The molecule has 0 saturated heterocycles. The summed E-state index contributed by atoms with van der Waals surface area (Å²) in [6.45, 7) is 2.08. The Morgan fingerprint density at radius 2 is 2.27 bits per heavy atom. The molecule has 1 unspecified atom stereocenters. The van der Waals surface area contributed by atoms with Gasteiger partial charge in [-0.25, -0.2) is 0 Å². The van der Waals surface area contributed by atoms with Gasteiger partial charge in [0.1, 0.15) is 0 Å². The maximum absolute atomic E-state index is 6.20. The number of rotatable bonds is 2. The molecule has 0 amide bonds. The summed E-state index contributed by atoms with van der Waals surface area (Å²) in [5, 5.41) is 4.16. The maximum atomic E-state index is 6.20. The van der Waals surface area contributed by atoms with Crippen LogP contribution in [0.25, 0.3) is 0 Å². The molecule has 0 aliphatic carbocycles. The zero-order valence-electron chi connectivity index (χ0n) is 8.57. The Bertz CT molecular complexity index is 455. The third kappa shape index (κ3) is 2.00. The van der Waals surface area contributed by atoms with E-state index < -0.39 is 0 Å². The van der Waals surface area contributed by atoms with Crippen molar-refractivity contribution in [1.29, 1.82) is 0 Å². The predicted octanol–water partition coefficient (Wildman–Crippen LogP) is 2.60. The van der Waals surface area contributed by atoms with Crippen molar-refractivity contribution < 1.29 is 0 Å². The molecule has 3 nitrogen and oxygen atoms in total. The van der Waals surface area contributed by atoms with Crippen LogP contribution in [0, 0.1) is 6.92 Å². The van der Waals surface area contributed by atoms with E-state index in [1.54, 1.807) is 17.5 Å². The zero-order chi connectivity index (χ0) is 11.0.